The fraction of sp³-hybridized carbons (Fsp3) is 0.556. The summed E-state index contributed by atoms with van der Waals surface area (Å²) in [6.45, 7) is 2.64. The zero-order valence-electron chi connectivity index (χ0n) is 15.1. The highest BCUT2D eigenvalue weighted by atomic mass is 16.5. The van der Waals surface area contributed by atoms with E-state index in [1.54, 1.807) is 18.2 Å². The van der Waals surface area contributed by atoms with Crippen molar-refractivity contribution in [3.63, 3.8) is 0 Å². The van der Waals surface area contributed by atoms with Crippen molar-refractivity contribution in [2.75, 3.05) is 26.1 Å². The number of nitrogens with one attached hydrogen (secondary N) is 2. The molecule has 25 heavy (non-hydrogen) atoms. The Morgan fingerprint density at radius 2 is 1.92 bits per heavy atom. The van der Waals surface area contributed by atoms with Crippen LogP contribution < -0.4 is 25.2 Å². The van der Waals surface area contributed by atoms with E-state index in [4.69, 9.17) is 9.47 Å². The minimum absolute atomic E-state index is 0.226. The van der Waals surface area contributed by atoms with E-state index >= 15 is 0 Å². The van der Waals surface area contributed by atoms with E-state index in [1.165, 1.54) is 14.2 Å². The third kappa shape index (κ3) is 7.43. The van der Waals surface area contributed by atoms with Gasteiger partial charge in [0.25, 0.3) is 0 Å². The number of amides is 1. The standard InChI is InChI=1S/C18H28N2O5/c1-4-5-6-7-10-19-15(18(22)23)12-17(21)20-14-11-13(24-2)8-9-16(14)25-3/h8-9,11,15,19H,4-7,10,12H2,1-3H3,(H,20,21)(H,22,23)/p-1. The Labute approximate surface area is 148 Å². The van der Waals surface area contributed by atoms with Crippen LogP contribution >= 0.6 is 0 Å². The maximum absolute atomic E-state index is 12.2. The molecule has 0 aromatic heterocycles. The van der Waals surface area contributed by atoms with Gasteiger partial charge in [-0.05, 0) is 25.1 Å². The Morgan fingerprint density at radius 3 is 2.52 bits per heavy atom. The summed E-state index contributed by atoms with van der Waals surface area (Å²) in [4.78, 5) is 23.4. The topological polar surface area (TPSA) is 99.7 Å². The molecule has 1 amide bonds. The van der Waals surface area contributed by atoms with Crippen LogP contribution in [-0.2, 0) is 9.59 Å². The number of rotatable bonds is 12. The van der Waals surface area contributed by atoms with Gasteiger partial charge in [-0.2, -0.15) is 0 Å². The first-order valence-electron chi connectivity index (χ1n) is 8.47. The van der Waals surface area contributed by atoms with Gasteiger partial charge in [0.15, 0.2) is 0 Å². The number of benzene rings is 1. The van der Waals surface area contributed by atoms with E-state index in [2.05, 4.69) is 17.6 Å². The zero-order valence-corrected chi connectivity index (χ0v) is 15.1. The minimum atomic E-state index is -1.29. The molecule has 2 N–H and O–H groups in total. The van der Waals surface area contributed by atoms with Gasteiger partial charge in [-0.25, -0.2) is 0 Å². The maximum atomic E-state index is 12.2. The van der Waals surface area contributed by atoms with Crippen molar-refractivity contribution >= 4 is 17.6 Å². The van der Waals surface area contributed by atoms with E-state index in [-0.39, 0.29) is 6.42 Å². The van der Waals surface area contributed by atoms with Gasteiger partial charge < -0.3 is 30.0 Å². The molecule has 1 atom stereocenters. The van der Waals surface area contributed by atoms with Crippen LogP contribution in [0.2, 0.25) is 0 Å². The van der Waals surface area contributed by atoms with Gasteiger partial charge >= 0.3 is 0 Å². The summed E-state index contributed by atoms with van der Waals surface area (Å²) in [6, 6.07) is 3.95. The van der Waals surface area contributed by atoms with Crippen LogP contribution in [0.5, 0.6) is 11.5 Å². The molecular formula is C18H27N2O5-. The number of carboxylic acid groups (broad SMARTS) is 1. The first-order chi connectivity index (χ1) is 12.0. The highest BCUT2D eigenvalue weighted by Gasteiger charge is 2.16. The van der Waals surface area contributed by atoms with E-state index < -0.39 is 17.9 Å². The van der Waals surface area contributed by atoms with Gasteiger partial charge in [-0.15, -0.1) is 0 Å². The van der Waals surface area contributed by atoms with Crippen LogP contribution in [0.1, 0.15) is 39.0 Å². The molecule has 0 bridgehead atoms. The van der Waals surface area contributed by atoms with Crippen molar-refractivity contribution in [1.29, 1.82) is 0 Å². The molecule has 0 radical (unpaired) electrons. The number of carbonyl (C=O) groups excluding carboxylic acids is 2. The summed E-state index contributed by atoms with van der Waals surface area (Å²) in [5.41, 5.74) is 0.423. The number of unbranched alkanes of at least 4 members (excludes halogenated alkanes) is 3. The molecule has 0 saturated heterocycles. The fourth-order valence-electron chi connectivity index (χ4n) is 2.37. The molecule has 0 spiro atoms. The summed E-state index contributed by atoms with van der Waals surface area (Å²) in [6.07, 6.45) is 3.87. The van der Waals surface area contributed by atoms with Crippen molar-refractivity contribution in [1.82, 2.24) is 5.32 Å². The lowest BCUT2D eigenvalue weighted by Gasteiger charge is -2.20. The largest absolute Gasteiger partial charge is 0.548 e. The quantitative estimate of drug-likeness (QED) is 0.551. The lowest BCUT2D eigenvalue weighted by atomic mass is 10.1. The molecule has 7 nitrogen and oxygen atoms in total. The van der Waals surface area contributed by atoms with E-state index in [9.17, 15) is 14.7 Å². The van der Waals surface area contributed by atoms with Crippen molar-refractivity contribution in [3.8, 4) is 11.5 Å². The highest BCUT2D eigenvalue weighted by molar-refractivity contribution is 5.95. The second-order valence-corrected chi connectivity index (χ2v) is 5.70. The first-order valence-corrected chi connectivity index (χ1v) is 8.47. The van der Waals surface area contributed by atoms with Crippen LogP contribution in [0, 0.1) is 0 Å². The molecule has 1 aromatic carbocycles. The van der Waals surface area contributed by atoms with Crippen LogP contribution in [0.3, 0.4) is 0 Å². The van der Waals surface area contributed by atoms with Gasteiger partial charge in [0.05, 0.1) is 31.9 Å². The Morgan fingerprint density at radius 1 is 1.16 bits per heavy atom. The summed E-state index contributed by atoms with van der Waals surface area (Å²) in [5, 5.41) is 16.8. The highest BCUT2D eigenvalue weighted by Crippen LogP contribution is 2.28. The second-order valence-electron chi connectivity index (χ2n) is 5.70. The van der Waals surface area contributed by atoms with Crippen LogP contribution in [-0.4, -0.2) is 38.7 Å². The van der Waals surface area contributed by atoms with Gasteiger partial charge in [-0.3, -0.25) is 4.79 Å². The third-order valence-electron chi connectivity index (χ3n) is 3.78. The summed E-state index contributed by atoms with van der Waals surface area (Å²) in [7, 11) is 3.00. The predicted molar refractivity (Wildman–Crippen MR) is 93.7 cm³/mol. The number of ether oxygens (including phenoxy) is 2. The fourth-order valence-corrected chi connectivity index (χ4v) is 2.37. The molecule has 1 aromatic rings. The van der Waals surface area contributed by atoms with E-state index in [0.29, 0.717) is 23.7 Å². The average Bonchev–Trinajstić information content (AvgIpc) is 2.60. The molecule has 0 aliphatic rings. The average molecular weight is 351 g/mol. The third-order valence-corrected chi connectivity index (χ3v) is 3.78. The molecule has 0 saturated carbocycles. The number of methoxy groups -OCH3 is 2. The van der Waals surface area contributed by atoms with Crippen LogP contribution in [0.25, 0.3) is 0 Å². The molecule has 0 aliphatic heterocycles. The smallest absolute Gasteiger partial charge is 0.226 e. The summed E-state index contributed by atoms with van der Waals surface area (Å²) >= 11 is 0. The van der Waals surface area contributed by atoms with Gasteiger partial charge in [-0.1, -0.05) is 26.2 Å². The Balaban J connectivity index is 2.61. The summed E-state index contributed by atoms with van der Waals surface area (Å²) < 4.78 is 10.3. The molecule has 7 heteroatoms. The molecule has 1 rings (SSSR count). The molecule has 0 heterocycles. The van der Waals surface area contributed by atoms with Crippen molar-refractivity contribution in [2.45, 2.75) is 45.1 Å². The molecule has 0 fully saturated rings. The Bertz CT molecular complexity index is 562. The van der Waals surface area contributed by atoms with Crippen LogP contribution in [0.15, 0.2) is 18.2 Å². The Hall–Kier alpha value is -2.28. The lowest BCUT2D eigenvalue weighted by Crippen LogP contribution is -2.47. The molecule has 0 aliphatic carbocycles. The zero-order chi connectivity index (χ0) is 18.7. The number of carbonyl (C=O) groups is 2. The van der Waals surface area contributed by atoms with Crippen molar-refractivity contribution in [3.05, 3.63) is 18.2 Å². The number of aliphatic carboxylic acids is 1. The van der Waals surface area contributed by atoms with E-state index in [0.717, 1.165) is 25.7 Å². The number of hydrogen-bond donors (Lipinski definition) is 2. The normalized spacial score (nSPS) is 11.6. The molecular weight excluding hydrogens is 324 g/mol. The second kappa shape index (κ2) is 11.3. The van der Waals surface area contributed by atoms with Gasteiger partial charge in [0.2, 0.25) is 5.91 Å². The van der Waals surface area contributed by atoms with Crippen molar-refractivity contribution in [2.24, 2.45) is 0 Å². The number of hydrogen-bond acceptors (Lipinski definition) is 6. The maximum Gasteiger partial charge on any atom is 0.226 e. The SMILES string of the molecule is CCCCCCNC(CC(=O)Nc1cc(OC)ccc1OC)C(=O)[O-]. The Kier molecular flexibility index (Phi) is 9.39. The van der Waals surface area contributed by atoms with Crippen LogP contribution in [0.4, 0.5) is 5.69 Å². The van der Waals surface area contributed by atoms with Gasteiger partial charge in [0, 0.05) is 12.5 Å². The lowest BCUT2D eigenvalue weighted by molar-refractivity contribution is -0.308. The number of anilines is 1. The first kappa shape index (κ1) is 20.8. The van der Waals surface area contributed by atoms with E-state index in [1.807, 2.05) is 0 Å². The molecule has 1 unspecified atom stereocenters. The minimum Gasteiger partial charge on any atom is -0.548 e. The predicted octanol–water partition coefficient (Wildman–Crippen LogP) is 1.32. The summed E-state index contributed by atoms with van der Waals surface area (Å²) in [5.74, 6) is -0.710. The monoisotopic (exact) mass is 351 g/mol. The van der Waals surface area contributed by atoms with Gasteiger partial charge in [0.1, 0.15) is 11.5 Å². The number of carboxylic acids is 1. The molecule has 140 valence electrons. The van der Waals surface area contributed by atoms with Crippen molar-refractivity contribution < 1.29 is 24.2 Å².